The van der Waals surface area contributed by atoms with Gasteiger partial charge in [-0.05, 0) is 48.2 Å². The minimum Gasteiger partial charge on any atom is -0.475 e. The standard InChI is InChI=1S/C26H30F4N4O5/c1-16-10-19(27)20(31-24(36)34-3-2-25(15-34)21(14-39-25)26(28,29)30)13-18(16)17-11-22(33-4-7-37-8-5-33)32-23(12-17)38-9-6-35/h10-13,21,35H,2-9,14-15H2,1H3,(H,31,36). The molecule has 4 heterocycles. The molecular formula is C26H30F4N4O5. The maximum atomic E-state index is 15.0. The van der Waals surface area contributed by atoms with Crippen LogP contribution in [-0.4, -0.2) is 92.0 Å². The number of alkyl halides is 3. The summed E-state index contributed by atoms with van der Waals surface area (Å²) in [5.74, 6) is -1.40. The van der Waals surface area contributed by atoms with E-state index in [1.54, 1.807) is 13.0 Å². The molecule has 1 aromatic carbocycles. The third-order valence-electron chi connectivity index (χ3n) is 7.45. The van der Waals surface area contributed by atoms with Crippen molar-refractivity contribution < 1.29 is 41.7 Å². The molecule has 2 amide bonds. The Morgan fingerprint density at radius 2 is 2.00 bits per heavy atom. The lowest BCUT2D eigenvalue weighted by atomic mass is 9.81. The lowest BCUT2D eigenvalue weighted by Gasteiger charge is -2.47. The van der Waals surface area contributed by atoms with Crippen molar-refractivity contribution in [2.75, 3.05) is 69.4 Å². The van der Waals surface area contributed by atoms with Crippen LogP contribution in [-0.2, 0) is 9.47 Å². The maximum absolute atomic E-state index is 15.0. The zero-order chi connectivity index (χ0) is 27.8. The van der Waals surface area contributed by atoms with Crippen molar-refractivity contribution in [2.45, 2.75) is 25.1 Å². The number of hydrogen-bond acceptors (Lipinski definition) is 7. The van der Waals surface area contributed by atoms with E-state index in [1.807, 2.05) is 11.0 Å². The van der Waals surface area contributed by atoms with Gasteiger partial charge in [-0.15, -0.1) is 0 Å². The number of amides is 2. The lowest BCUT2D eigenvalue weighted by molar-refractivity contribution is -0.312. The van der Waals surface area contributed by atoms with Gasteiger partial charge in [0, 0.05) is 25.7 Å². The molecule has 2 unspecified atom stereocenters. The first kappa shape index (κ1) is 27.4. The minimum absolute atomic E-state index is 0.0406. The van der Waals surface area contributed by atoms with E-state index in [1.165, 1.54) is 17.0 Å². The molecule has 3 fully saturated rings. The topological polar surface area (TPSA) is 96.4 Å². The number of rotatable bonds is 6. The fourth-order valence-electron chi connectivity index (χ4n) is 5.28. The van der Waals surface area contributed by atoms with Gasteiger partial charge in [-0.25, -0.2) is 9.18 Å². The second kappa shape index (κ2) is 10.8. The van der Waals surface area contributed by atoms with Crippen LogP contribution in [0.25, 0.3) is 11.1 Å². The number of hydrogen-bond donors (Lipinski definition) is 2. The molecule has 39 heavy (non-hydrogen) atoms. The smallest absolute Gasteiger partial charge is 0.396 e. The van der Waals surface area contributed by atoms with Crippen molar-refractivity contribution in [3.63, 3.8) is 0 Å². The summed E-state index contributed by atoms with van der Waals surface area (Å²) in [5, 5.41) is 11.7. The number of carbonyl (C=O) groups excluding carboxylic acids is 1. The molecule has 0 aliphatic carbocycles. The van der Waals surface area contributed by atoms with Gasteiger partial charge in [0.05, 0.1) is 38.7 Å². The van der Waals surface area contributed by atoms with Crippen LogP contribution in [0.3, 0.4) is 0 Å². The Balaban J connectivity index is 1.39. The summed E-state index contributed by atoms with van der Waals surface area (Å²) in [6.07, 6.45) is -4.35. The Hall–Kier alpha value is -3.16. The van der Waals surface area contributed by atoms with Gasteiger partial charge in [-0.3, -0.25) is 0 Å². The molecule has 9 nitrogen and oxygen atoms in total. The number of aliphatic hydroxyl groups excluding tert-OH is 1. The monoisotopic (exact) mass is 554 g/mol. The van der Waals surface area contributed by atoms with Crippen LogP contribution >= 0.6 is 0 Å². The van der Waals surface area contributed by atoms with E-state index in [-0.39, 0.29) is 44.3 Å². The number of ether oxygens (including phenoxy) is 3. The highest BCUT2D eigenvalue weighted by Gasteiger charge is 2.63. The molecule has 3 aliphatic heterocycles. The number of aliphatic hydroxyl groups is 1. The number of benzene rings is 1. The maximum Gasteiger partial charge on any atom is 0.396 e. The molecule has 0 radical (unpaired) electrons. The summed E-state index contributed by atoms with van der Waals surface area (Å²) in [7, 11) is 0. The average Bonchev–Trinajstić information content (AvgIpc) is 3.36. The summed E-state index contributed by atoms with van der Waals surface area (Å²) >= 11 is 0. The second-order valence-electron chi connectivity index (χ2n) is 9.94. The number of aryl methyl sites for hydroxylation is 1. The number of aromatic nitrogens is 1. The number of likely N-dealkylation sites (tertiary alicyclic amines) is 1. The van der Waals surface area contributed by atoms with Gasteiger partial charge in [0.15, 0.2) is 0 Å². The van der Waals surface area contributed by atoms with Crippen LogP contribution < -0.4 is 15.0 Å². The fraction of sp³-hybridized carbons (Fsp3) is 0.538. The van der Waals surface area contributed by atoms with Gasteiger partial charge in [0.2, 0.25) is 5.88 Å². The van der Waals surface area contributed by atoms with Crippen LogP contribution in [0.1, 0.15) is 12.0 Å². The number of morpholine rings is 1. The van der Waals surface area contributed by atoms with Crippen LogP contribution in [0.5, 0.6) is 5.88 Å². The molecule has 0 bridgehead atoms. The first-order valence-electron chi connectivity index (χ1n) is 12.8. The van der Waals surface area contributed by atoms with Gasteiger partial charge in [0.25, 0.3) is 0 Å². The van der Waals surface area contributed by atoms with Crippen LogP contribution in [0.2, 0.25) is 0 Å². The Morgan fingerprint density at radius 3 is 2.67 bits per heavy atom. The molecule has 5 rings (SSSR count). The predicted octanol–water partition coefficient (Wildman–Crippen LogP) is 3.59. The van der Waals surface area contributed by atoms with Gasteiger partial charge < -0.3 is 34.4 Å². The quantitative estimate of drug-likeness (QED) is 0.527. The Morgan fingerprint density at radius 1 is 1.23 bits per heavy atom. The molecule has 0 saturated carbocycles. The van der Waals surface area contributed by atoms with Crippen LogP contribution in [0.4, 0.5) is 33.9 Å². The van der Waals surface area contributed by atoms with Gasteiger partial charge >= 0.3 is 12.2 Å². The highest BCUT2D eigenvalue weighted by molar-refractivity contribution is 5.91. The number of anilines is 2. The first-order chi connectivity index (χ1) is 18.6. The highest BCUT2D eigenvalue weighted by Crippen LogP contribution is 2.49. The molecule has 1 aromatic heterocycles. The van der Waals surface area contributed by atoms with Crippen LogP contribution in [0.15, 0.2) is 24.3 Å². The van der Waals surface area contributed by atoms with Gasteiger partial charge in [-0.1, -0.05) is 0 Å². The third kappa shape index (κ3) is 5.61. The van der Waals surface area contributed by atoms with Crippen molar-refractivity contribution in [3.05, 3.63) is 35.6 Å². The summed E-state index contributed by atoms with van der Waals surface area (Å²) in [5.41, 5.74) is 0.308. The Bertz CT molecular complexity index is 1220. The summed E-state index contributed by atoms with van der Waals surface area (Å²) in [6.45, 7) is 3.31. The van der Waals surface area contributed by atoms with Crippen molar-refractivity contribution in [1.82, 2.24) is 9.88 Å². The molecule has 2 N–H and O–H groups in total. The molecule has 212 valence electrons. The number of pyridine rings is 1. The second-order valence-corrected chi connectivity index (χ2v) is 9.94. The molecule has 3 aliphatic rings. The molecule has 2 atom stereocenters. The van der Waals surface area contributed by atoms with Crippen molar-refractivity contribution in [1.29, 1.82) is 0 Å². The summed E-state index contributed by atoms with van der Waals surface area (Å²) in [4.78, 5) is 20.7. The van der Waals surface area contributed by atoms with Crippen molar-refractivity contribution in [3.8, 4) is 17.0 Å². The lowest BCUT2D eigenvalue weighted by Crippen LogP contribution is -2.61. The van der Waals surface area contributed by atoms with Gasteiger partial charge in [0.1, 0.15) is 29.8 Å². The normalized spacial score (nSPS) is 23.2. The van der Waals surface area contributed by atoms with E-state index in [0.717, 1.165) is 0 Å². The van der Waals surface area contributed by atoms with Crippen molar-refractivity contribution >= 4 is 17.5 Å². The van der Waals surface area contributed by atoms with Crippen LogP contribution in [0, 0.1) is 18.7 Å². The summed E-state index contributed by atoms with van der Waals surface area (Å²) in [6, 6.07) is 5.57. The van der Waals surface area contributed by atoms with E-state index in [0.29, 0.717) is 48.8 Å². The Labute approximate surface area is 222 Å². The fourth-order valence-corrected chi connectivity index (χ4v) is 5.28. The number of urea groups is 1. The number of nitrogens with one attached hydrogen (secondary N) is 1. The van der Waals surface area contributed by atoms with E-state index in [4.69, 9.17) is 14.2 Å². The zero-order valence-electron chi connectivity index (χ0n) is 21.4. The molecular weight excluding hydrogens is 524 g/mol. The molecule has 13 heteroatoms. The molecule has 3 saturated heterocycles. The summed E-state index contributed by atoms with van der Waals surface area (Å²) < 4.78 is 71.3. The van der Waals surface area contributed by atoms with E-state index < -0.39 is 36.2 Å². The van der Waals surface area contributed by atoms with Gasteiger partial charge in [-0.2, -0.15) is 18.2 Å². The number of nitrogens with zero attached hydrogens (tertiary/aromatic N) is 3. The predicted molar refractivity (Wildman–Crippen MR) is 133 cm³/mol. The zero-order valence-corrected chi connectivity index (χ0v) is 21.4. The average molecular weight is 555 g/mol. The first-order valence-corrected chi connectivity index (χ1v) is 12.8. The number of halogens is 4. The van der Waals surface area contributed by atoms with E-state index in [9.17, 15) is 27.5 Å². The van der Waals surface area contributed by atoms with E-state index >= 15 is 0 Å². The molecule has 1 spiro atoms. The number of carbonyl (C=O) groups is 1. The largest absolute Gasteiger partial charge is 0.475 e. The molecule has 2 aromatic rings. The minimum atomic E-state index is -4.41. The highest BCUT2D eigenvalue weighted by atomic mass is 19.4. The van der Waals surface area contributed by atoms with E-state index in [2.05, 4.69) is 10.3 Å². The SMILES string of the molecule is Cc1cc(F)c(NC(=O)N2CCC3(C2)OCC3C(F)(F)F)cc1-c1cc(OCCO)nc(N2CCOCC2)c1. The third-order valence-corrected chi connectivity index (χ3v) is 7.45. The van der Waals surface area contributed by atoms with Crippen molar-refractivity contribution in [2.24, 2.45) is 5.92 Å². The Kier molecular flexibility index (Phi) is 7.57.